The molecule has 6 nitrogen and oxygen atoms in total. The van der Waals surface area contributed by atoms with Gasteiger partial charge in [-0.25, -0.2) is 8.42 Å². The summed E-state index contributed by atoms with van der Waals surface area (Å²) in [7, 11) is -2.10. The minimum Gasteiger partial charge on any atom is -0.497 e. The topological polar surface area (TPSA) is 66.9 Å². The lowest BCUT2D eigenvalue weighted by Crippen LogP contribution is -2.42. The normalized spacial score (nSPS) is 20.7. The number of sulfonamides is 1. The van der Waals surface area contributed by atoms with Crippen LogP contribution in [0.4, 0.5) is 0 Å². The van der Waals surface area contributed by atoms with Crippen LogP contribution in [0.15, 0.2) is 83.8 Å². The van der Waals surface area contributed by atoms with Gasteiger partial charge in [0.2, 0.25) is 15.9 Å². The van der Waals surface area contributed by atoms with Crippen molar-refractivity contribution in [2.24, 2.45) is 5.92 Å². The molecule has 2 unspecified atom stereocenters. The van der Waals surface area contributed by atoms with E-state index in [0.29, 0.717) is 18.8 Å². The highest BCUT2D eigenvalue weighted by Gasteiger charge is 2.45. The Hall–Kier alpha value is -3.16. The van der Waals surface area contributed by atoms with Crippen LogP contribution in [0.3, 0.4) is 0 Å². The molecule has 5 rings (SSSR count). The second-order valence-corrected chi connectivity index (χ2v) is 10.8. The number of hydrogen-bond donors (Lipinski definition) is 0. The summed E-state index contributed by atoms with van der Waals surface area (Å²) in [5, 5.41) is 0. The minimum atomic E-state index is -3.71. The first kappa shape index (κ1) is 22.6. The molecule has 3 aromatic rings. The largest absolute Gasteiger partial charge is 0.497 e. The summed E-state index contributed by atoms with van der Waals surface area (Å²) in [5.41, 5.74) is 3.35. The molecule has 1 saturated heterocycles. The van der Waals surface area contributed by atoms with E-state index in [1.165, 1.54) is 9.87 Å². The van der Waals surface area contributed by atoms with E-state index in [1.54, 1.807) is 37.4 Å². The summed E-state index contributed by atoms with van der Waals surface area (Å²) < 4.78 is 33.7. The van der Waals surface area contributed by atoms with Gasteiger partial charge in [0.15, 0.2) is 0 Å². The molecule has 2 aliphatic heterocycles. The van der Waals surface area contributed by atoms with E-state index in [1.807, 2.05) is 41.3 Å². The van der Waals surface area contributed by atoms with Gasteiger partial charge in [0.25, 0.3) is 0 Å². The fraction of sp³-hybridized carbons (Fsp3) is 0.296. The molecule has 0 bridgehead atoms. The van der Waals surface area contributed by atoms with E-state index < -0.39 is 15.9 Å². The van der Waals surface area contributed by atoms with Crippen LogP contribution in [0, 0.1) is 5.92 Å². The average Bonchev–Trinajstić information content (AvgIpc) is 3.35. The van der Waals surface area contributed by atoms with Gasteiger partial charge in [0.1, 0.15) is 5.75 Å². The van der Waals surface area contributed by atoms with Gasteiger partial charge in [-0.3, -0.25) is 4.79 Å². The molecule has 0 aromatic heterocycles. The van der Waals surface area contributed by atoms with Crippen LogP contribution in [0.1, 0.15) is 22.6 Å². The molecule has 0 aliphatic carbocycles. The summed E-state index contributed by atoms with van der Waals surface area (Å²) >= 11 is 0. The van der Waals surface area contributed by atoms with E-state index in [-0.39, 0.29) is 29.8 Å². The SMILES string of the molecule is COc1cccc(C2CN(S(=O)(=O)c3ccccc3)CC2C(=O)N2CCc3ccccc3C2)c1. The number of ether oxygens (including phenoxy) is 1. The van der Waals surface area contributed by atoms with Gasteiger partial charge in [-0.05, 0) is 47.4 Å². The van der Waals surface area contributed by atoms with Crippen molar-refractivity contribution in [3.05, 3.63) is 95.6 Å². The maximum atomic E-state index is 13.8. The van der Waals surface area contributed by atoms with Gasteiger partial charge in [-0.2, -0.15) is 4.31 Å². The van der Waals surface area contributed by atoms with Crippen molar-refractivity contribution in [1.29, 1.82) is 0 Å². The number of amides is 1. The molecule has 34 heavy (non-hydrogen) atoms. The highest BCUT2D eigenvalue weighted by molar-refractivity contribution is 7.89. The molecule has 1 fully saturated rings. The highest BCUT2D eigenvalue weighted by Crippen LogP contribution is 2.38. The third-order valence-corrected chi connectivity index (χ3v) is 8.79. The summed E-state index contributed by atoms with van der Waals surface area (Å²) in [6.45, 7) is 1.62. The molecule has 7 heteroatoms. The summed E-state index contributed by atoms with van der Waals surface area (Å²) in [5.74, 6) is -0.0119. The third kappa shape index (κ3) is 4.21. The van der Waals surface area contributed by atoms with Crippen LogP contribution in [0.2, 0.25) is 0 Å². The maximum absolute atomic E-state index is 13.8. The molecule has 2 atom stereocenters. The van der Waals surface area contributed by atoms with Crippen LogP contribution in [-0.2, 0) is 27.8 Å². The molecule has 0 saturated carbocycles. The van der Waals surface area contributed by atoms with Crippen molar-refractivity contribution < 1.29 is 17.9 Å². The molecule has 1 amide bonds. The standard InChI is InChI=1S/C27H28N2O4S/c1-33-23-11-7-10-21(16-23)25-18-29(34(31,32)24-12-3-2-4-13-24)19-26(25)27(30)28-15-14-20-8-5-6-9-22(20)17-28/h2-13,16,25-26H,14-15,17-19H2,1H3. The van der Waals surface area contributed by atoms with Crippen molar-refractivity contribution in [2.45, 2.75) is 23.8 Å². The molecule has 176 valence electrons. The molecule has 2 aliphatic rings. The Balaban J connectivity index is 1.47. The van der Waals surface area contributed by atoms with E-state index in [2.05, 4.69) is 12.1 Å². The minimum absolute atomic E-state index is 0.00749. The Morgan fingerprint density at radius 3 is 2.41 bits per heavy atom. The van der Waals surface area contributed by atoms with Gasteiger partial charge in [0, 0.05) is 32.1 Å². The first-order valence-corrected chi connectivity index (χ1v) is 13.0. The fourth-order valence-corrected chi connectivity index (χ4v) is 6.60. The highest BCUT2D eigenvalue weighted by atomic mass is 32.2. The van der Waals surface area contributed by atoms with Gasteiger partial charge in [-0.15, -0.1) is 0 Å². The first-order valence-electron chi connectivity index (χ1n) is 11.5. The molecule has 0 spiro atoms. The number of rotatable bonds is 5. The zero-order valence-corrected chi connectivity index (χ0v) is 19.9. The Morgan fingerprint density at radius 2 is 1.65 bits per heavy atom. The zero-order chi connectivity index (χ0) is 23.7. The summed E-state index contributed by atoms with van der Waals surface area (Å²) in [4.78, 5) is 16.0. The van der Waals surface area contributed by atoms with Crippen LogP contribution < -0.4 is 4.74 Å². The number of fused-ring (bicyclic) bond motifs is 1. The predicted molar refractivity (Wildman–Crippen MR) is 130 cm³/mol. The molecule has 3 aromatic carbocycles. The van der Waals surface area contributed by atoms with Gasteiger partial charge in [0.05, 0.1) is 17.9 Å². The van der Waals surface area contributed by atoms with Crippen molar-refractivity contribution in [2.75, 3.05) is 26.7 Å². The van der Waals surface area contributed by atoms with Gasteiger partial charge in [-0.1, -0.05) is 54.6 Å². The molecular weight excluding hydrogens is 448 g/mol. The zero-order valence-electron chi connectivity index (χ0n) is 19.1. The lowest BCUT2D eigenvalue weighted by Gasteiger charge is -2.32. The maximum Gasteiger partial charge on any atom is 0.243 e. The number of nitrogens with zero attached hydrogens (tertiary/aromatic N) is 2. The van der Waals surface area contributed by atoms with Crippen LogP contribution in [0.5, 0.6) is 5.75 Å². The number of carbonyl (C=O) groups excluding carboxylic acids is 1. The number of hydrogen-bond acceptors (Lipinski definition) is 4. The fourth-order valence-electron chi connectivity index (χ4n) is 5.08. The average molecular weight is 477 g/mol. The summed E-state index contributed by atoms with van der Waals surface area (Å²) in [6, 6.07) is 24.3. The Bertz CT molecular complexity index is 1290. The monoisotopic (exact) mass is 476 g/mol. The molecular formula is C27H28N2O4S. The number of benzene rings is 3. The van der Waals surface area contributed by atoms with E-state index in [4.69, 9.17) is 4.74 Å². The first-order chi connectivity index (χ1) is 16.5. The second-order valence-electron chi connectivity index (χ2n) is 8.90. The Labute approximate surface area is 200 Å². The van der Waals surface area contributed by atoms with Crippen molar-refractivity contribution in [3.8, 4) is 5.75 Å². The van der Waals surface area contributed by atoms with E-state index in [0.717, 1.165) is 17.5 Å². The van der Waals surface area contributed by atoms with Crippen LogP contribution in [0.25, 0.3) is 0 Å². The van der Waals surface area contributed by atoms with Crippen molar-refractivity contribution in [1.82, 2.24) is 9.21 Å². The van der Waals surface area contributed by atoms with Crippen LogP contribution in [-0.4, -0.2) is 50.3 Å². The van der Waals surface area contributed by atoms with Crippen molar-refractivity contribution >= 4 is 15.9 Å². The van der Waals surface area contributed by atoms with Crippen LogP contribution >= 0.6 is 0 Å². The molecule has 0 radical (unpaired) electrons. The number of carbonyl (C=O) groups is 1. The lowest BCUT2D eigenvalue weighted by molar-refractivity contribution is -0.136. The summed E-state index contributed by atoms with van der Waals surface area (Å²) in [6.07, 6.45) is 0.810. The van der Waals surface area contributed by atoms with Crippen molar-refractivity contribution in [3.63, 3.8) is 0 Å². The third-order valence-electron chi connectivity index (χ3n) is 6.95. The molecule has 0 N–H and O–H groups in total. The van der Waals surface area contributed by atoms with Gasteiger partial charge >= 0.3 is 0 Å². The predicted octanol–water partition coefficient (Wildman–Crippen LogP) is 3.68. The number of methoxy groups -OCH3 is 1. The molecule has 2 heterocycles. The Kier molecular flexibility index (Phi) is 6.15. The Morgan fingerprint density at radius 1 is 0.912 bits per heavy atom. The smallest absolute Gasteiger partial charge is 0.243 e. The van der Waals surface area contributed by atoms with E-state index in [9.17, 15) is 13.2 Å². The second kappa shape index (κ2) is 9.24. The quantitative estimate of drug-likeness (QED) is 0.563. The van der Waals surface area contributed by atoms with E-state index >= 15 is 0 Å². The van der Waals surface area contributed by atoms with Gasteiger partial charge < -0.3 is 9.64 Å². The lowest BCUT2D eigenvalue weighted by atomic mass is 9.87.